The molecule has 6 nitrogen and oxygen atoms in total. The van der Waals surface area contributed by atoms with Crippen LogP contribution in [-0.4, -0.2) is 36.1 Å². The molecule has 0 aliphatic rings. The molecule has 0 aliphatic carbocycles. The SMILES string of the molecule is CCOC(=O)CC(=O)[C@H](NC(=O)OC(C)(C)C)C(C)C. The second-order valence-corrected chi connectivity index (χ2v) is 5.82. The van der Waals surface area contributed by atoms with E-state index in [1.54, 1.807) is 41.5 Å². The van der Waals surface area contributed by atoms with Crippen LogP contribution in [0.5, 0.6) is 0 Å². The van der Waals surface area contributed by atoms with Gasteiger partial charge in [0.15, 0.2) is 5.78 Å². The van der Waals surface area contributed by atoms with Crippen LogP contribution in [0.4, 0.5) is 4.79 Å². The number of carbonyl (C=O) groups is 3. The third-order valence-electron chi connectivity index (χ3n) is 2.31. The second-order valence-electron chi connectivity index (χ2n) is 5.82. The van der Waals surface area contributed by atoms with Crippen molar-refractivity contribution < 1.29 is 23.9 Å². The quantitative estimate of drug-likeness (QED) is 0.597. The zero-order valence-corrected chi connectivity index (χ0v) is 13.1. The highest BCUT2D eigenvalue weighted by atomic mass is 16.6. The summed E-state index contributed by atoms with van der Waals surface area (Å²) in [4.78, 5) is 35.0. The molecule has 1 amide bonds. The number of carbonyl (C=O) groups excluding carboxylic acids is 3. The van der Waals surface area contributed by atoms with Crippen molar-refractivity contribution in [3.8, 4) is 0 Å². The first-order valence-electron chi connectivity index (χ1n) is 6.74. The number of hydrogen-bond acceptors (Lipinski definition) is 5. The summed E-state index contributed by atoms with van der Waals surface area (Å²) in [6.07, 6.45) is -1.03. The van der Waals surface area contributed by atoms with Gasteiger partial charge >= 0.3 is 12.1 Å². The fourth-order valence-corrected chi connectivity index (χ4v) is 1.52. The first kappa shape index (κ1) is 18.4. The maximum absolute atomic E-state index is 12.0. The third-order valence-corrected chi connectivity index (χ3v) is 2.31. The van der Waals surface area contributed by atoms with Gasteiger partial charge in [0.1, 0.15) is 12.0 Å². The standard InChI is InChI=1S/C14H25NO5/c1-7-19-11(17)8-10(16)12(9(2)3)15-13(18)20-14(4,5)6/h9,12H,7-8H2,1-6H3,(H,15,18)/t12-/m1/s1. The van der Waals surface area contributed by atoms with Crippen molar-refractivity contribution in [3.63, 3.8) is 0 Å². The summed E-state index contributed by atoms with van der Waals surface area (Å²) in [6, 6.07) is -0.769. The Morgan fingerprint density at radius 1 is 1.15 bits per heavy atom. The largest absolute Gasteiger partial charge is 0.466 e. The number of rotatable bonds is 6. The Morgan fingerprint density at radius 2 is 1.70 bits per heavy atom. The molecule has 0 radical (unpaired) electrons. The topological polar surface area (TPSA) is 81.7 Å². The number of esters is 1. The Kier molecular flexibility index (Phi) is 7.24. The maximum atomic E-state index is 12.0. The van der Waals surface area contributed by atoms with E-state index in [0.29, 0.717) is 0 Å². The molecule has 0 aromatic carbocycles. The highest BCUT2D eigenvalue weighted by molar-refractivity contribution is 5.99. The zero-order chi connectivity index (χ0) is 15.9. The van der Waals surface area contributed by atoms with Gasteiger partial charge in [-0.25, -0.2) is 4.79 Å². The molecule has 116 valence electrons. The lowest BCUT2D eigenvalue weighted by Crippen LogP contribution is -2.47. The number of nitrogens with one attached hydrogen (secondary N) is 1. The van der Waals surface area contributed by atoms with Gasteiger partial charge in [-0.1, -0.05) is 13.8 Å². The van der Waals surface area contributed by atoms with Crippen molar-refractivity contribution in [1.82, 2.24) is 5.32 Å². The van der Waals surface area contributed by atoms with Crippen molar-refractivity contribution in [2.45, 2.75) is 59.6 Å². The van der Waals surface area contributed by atoms with E-state index in [1.807, 2.05) is 0 Å². The minimum atomic E-state index is -0.769. The van der Waals surface area contributed by atoms with Gasteiger partial charge in [0.05, 0.1) is 12.6 Å². The molecular weight excluding hydrogens is 262 g/mol. The molecule has 0 saturated carbocycles. The van der Waals surface area contributed by atoms with Crippen LogP contribution in [0.3, 0.4) is 0 Å². The monoisotopic (exact) mass is 287 g/mol. The minimum absolute atomic E-state index is 0.149. The van der Waals surface area contributed by atoms with Crippen molar-refractivity contribution in [2.24, 2.45) is 5.92 Å². The van der Waals surface area contributed by atoms with Crippen LogP contribution in [0, 0.1) is 5.92 Å². The van der Waals surface area contributed by atoms with E-state index >= 15 is 0 Å². The van der Waals surface area contributed by atoms with Gasteiger partial charge in [0.2, 0.25) is 0 Å². The van der Waals surface area contributed by atoms with Crippen LogP contribution in [-0.2, 0) is 19.1 Å². The molecule has 0 rings (SSSR count). The maximum Gasteiger partial charge on any atom is 0.408 e. The van der Waals surface area contributed by atoms with E-state index in [9.17, 15) is 14.4 Å². The van der Waals surface area contributed by atoms with E-state index < -0.39 is 23.7 Å². The molecular formula is C14H25NO5. The fraction of sp³-hybridized carbons (Fsp3) is 0.786. The smallest absolute Gasteiger partial charge is 0.408 e. The molecule has 0 spiro atoms. The van der Waals surface area contributed by atoms with Gasteiger partial charge < -0.3 is 14.8 Å². The molecule has 0 aliphatic heterocycles. The summed E-state index contributed by atoms with van der Waals surface area (Å²) in [7, 11) is 0. The van der Waals surface area contributed by atoms with Crippen LogP contribution < -0.4 is 5.32 Å². The lowest BCUT2D eigenvalue weighted by molar-refractivity contribution is -0.146. The molecule has 0 bridgehead atoms. The third kappa shape index (κ3) is 7.76. The van der Waals surface area contributed by atoms with Gasteiger partial charge in [-0.3, -0.25) is 9.59 Å². The van der Waals surface area contributed by atoms with E-state index in [2.05, 4.69) is 5.32 Å². The second kappa shape index (κ2) is 7.87. The summed E-state index contributed by atoms with van der Waals surface area (Å²) in [5.41, 5.74) is -0.643. The van der Waals surface area contributed by atoms with E-state index in [-0.39, 0.29) is 24.7 Å². The van der Waals surface area contributed by atoms with E-state index in [0.717, 1.165) is 0 Å². The summed E-state index contributed by atoms with van der Waals surface area (Å²) in [5.74, 6) is -1.12. The number of alkyl carbamates (subject to hydrolysis) is 1. The molecule has 6 heteroatoms. The van der Waals surface area contributed by atoms with Gasteiger partial charge in [-0.15, -0.1) is 0 Å². The predicted octanol–water partition coefficient (Wildman–Crippen LogP) is 2.06. The fourth-order valence-electron chi connectivity index (χ4n) is 1.52. The Hall–Kier alpha value is -1.59. The molecule has 0 fully saturated rings. The first-order chi connectivity index (χ1) is 9.06. The average molecular weight is 287 g/mol. The van der Waals surface area contributed by atoms with Crippen LogP contribution in [0.2, 0.25) is 0 Å². The highest BCUT2D eigenvalue weighted by Gasteiger charge is 2.28. The Balaban J connectivity index is 4.61. The van der Waals surface area contributed by atoms with Gasteiger partial charge in [-0.05, 0) is 33.6 Å². The number of hydrogen-bond donors (Lipinski definition) is 1. The molecule has 0 aromatic rings. The molecule has 0 aromatic heterocycles. The highest BCUT2D eigenvalue weighted by Crippen LogP contribution is 2.10. The van der Waals surface area contributed by atoms with Crippen molar-refractivity contribution in [2.75, 3.05) is 6.61 Å². The molecule has 1 atom stereocenters. The number of ketones is 1. The van der Waals surface area contributed by atoms with Crippen LogP contribution in [0.25, 0.3) is 0 Å². The Labute approximate surface area is 120 Å². The van der Waals surface area contributed by atoms with E-state index in [1.165, 1.54) is 0 Å². The lowest BCUT2D eigenvalue weighted by atomic mass is 9.98. The van der Waals surface area contributed by atoms with Gasteiger partial charge in [-0.2, -0.15) is 0 Å². The van der Waals surface area contributed by atoms with Crippen LogP contribution in [0.15, 0.2) is 0 Å². The minimum Gasteiger partial charge on any atom is -0.466 e. The molecule has 0 unspecified atom stereocenters. The number of amides is 1. The van der Waals surface area contributed by atoms with Crippen molar-refractivity contribution in [3.05, 3.63) is 0 Å². The molecule has 20 heavy (non-hydrogen) atoms. The number of ether oxygens (including phenoxy) is 2. The molecule has 0 saturated heterocycles. The van der Waals surface area contributed by atoms with E-state index in [4.69, 9.17) is 9.47 Å². The van der Waals surface area contributed by atoms with Crippen molar-refractivity contribution in [1.29, 1.82) is 0 Å². The Bertz CT molecular complexity index is 357. The summed E-state index contributed by atoms with van der Waals surface area (Å²) >= 11 is 0. The zero-order valence-electron chi connectivity index (χ0n) is 13.1. The van der Waals surface area contributed by atoms with Crippen LogP contribution >= 0.6 is 0 Å². The van der Waals surface area contributed by atoms with Crippen LogP contribution in [0.1, 0.15) is 48.0 Å². The predicted molar refractivity (Wildman–Crippen MR) is 74.3 cm³/mol. The first-order valence-corrected chi connectivity index (χ1v) is 6.74. The molecule has 1 N–H and O–H groups in total. The lowest BCUT2D eigenvalue weighted by Gasteiger charge is -2.24. The normalized spacial score (nSPS) is 12.8. The van der Waals surface area contributed by atoms with Crippen molar-refractivity contribution >= 4 is 17.8 Å². The number of Topliss-reactive ketones (excluding diaryl/α,β-unsaturated/α-hetero) is 1. The average Bonchev–Trinajstić information content (AvgIpc) is 2.22. The summed E-state index contributed by atoms with van der Waals surface area (Å²) in [6.45, 7) is 10.7. The van der Waals surface area contributed by atoms with Gasteiger partial charge in [0, 0.05) is 0 Å². The molecule has 0 heterocycles. The Morgan fingerprint density at radius 3 is 2.10 bits per heavy atom. The van der Waals surface area contributed by atoms with Gasteiger partial charge in [0.25, 0.3) is 0 Å². The summed E-state index contributed by atoms with van der Waals surface area (Å²) in [5, 5.41) is 2.50. The summed E-state index contributed by atoms with van der Waals surface area (Å²) < 4.78 is 9.83.